The first-order valence-corrected chi connectivity index (χ1v) is 9.63. The highest BCUT2D eigenvalue weighted by atomic mass is 79.9. The molecule has 2 aromatic heterocycles. The van der Waals surface area contributed by atoms with E-state index >= 15 is 0 Å². The largest absolute Gasteiger partial charge is 0.322 e. The molecule has 0 saturated heterocycles. The molecular formula is C17H16BrN5OS. The molecule has 1 aromatic carbocycles. The normalized spacial score (nSPS) is 16.6. The molecule has 0 spiro atoms. The number of carbonyl (C=O) groups excluding carboxylic acids is 1. The number of benzene rings is 1. The molecule has 4 rings (SSSR count). The molecule has 3 aromatic rings. The monoisotopic (exact) mass is 417 g/mol. The van der Waals surface area contributed by atoms with Gasteiger partial charge < -0.3 is 10.2 Å². The Hall–Kier alpha value is -2.19. The van der Waals surface area contributed by atoms with Crippen molar-refractivity contribution in [1.82, 2.24) is 20.1 Å². The Bertz CT molecular complexity index is 908. The molecule has 3 heterocycles. The van der Waals surface area contributed by atoms with Gasteiger partial charge in [0.2, 0.25) is 0 Å². The highest BCUT2D eigenvalue weighted by molar-refractivity contribution is 9.10. The van der Waals surface area contributed by atoms with Gasteiger partial charge in [-0.2, -0.15) is 5.10 Å². The number of aromatic amines is 1. The summed E-state index contributed by atoms with van der Waals surface area (Å²) in [5, 5.41) is 12.5. The fraction of sp³-hybridized carbons (Fsp3) is 0.235. The van der Waals surface area contributed by atoms with Crippen molar-refractivity contribution in [2.24, 2.45) is 0 Å². The van der Waals surface area contributed by atoms with Crippen molar-refractivity contribution >= 4 is 39.0 Å². The topological polar surface area (TPSA) is 73.9 Å². The van der Waals surface area contributed by atoms with Gasteiger partial charge in [0, 0.05) is 39.3 Å². The number of rotatable bonds is 2. The molecule has 0 radical (unpaired) electrons. The van der Waals surface area contributed by atoms with Crippen LogP contribution in [0.2, 0.25) is 0 Å². The van der Waals surface area contributed by atoms with E-state index in [0.717, 1.165) is 39.2 Å². The van der Waals surface area contributed by atoms with Gasteiger partial charge >= 0.3 is 6.03 Å². The number of thiazole rings is 1. The second-order valence-electron chi connectivity index (χ2n) is 6.02. The first kappa shape index (κ1) is 16.3. The van der Waals surface area contributed by atoms with Crippen molar-refractivity contribution in [3.8, 4) is 11.4 Å². The van der Waals surface area contributed by atoms with Gasteiger partial charge in [-0.3, -0.25) is 5.10 Å². The number of nitrogens with zero attached hydrogens (tertiary/aromatic N) is 3. The molecule has 128 valence electrons. The molecule has 1 unspecified atom stereocenters. The molecule has 0 fully saturated rings. The van der Waals surface area contributed by atoms with Crippen LogP contribution in [0.5, 0.6) is 0 Å². The van der Waals surface area contributed by atoms with E-state index in [1.807, 2.05) is 41.5 Å². The summed E-state index contributed by atoms with van der Waals surface area (Å²) in [7, 11) is 0. The average Bonchev–Trinajstić information content (AvgIpc) is 3.22. The SMILES string of the molecule is CC1Cc2[nH]nc(-c3cscn3)c2CN1C(=O)Nc1cccc(Br)c1. The molecule has 2 N–H and O–H groups in total. The smallest absolute Gasteiger partial charge is 0.317 e. The Morgan fingerprint density at radius 2 is 2.36 bits per heavy atom. The Morgan fingerprint density at radius 1 is 1.48 bits per heavy atom. The molecule has 0 aliphatic carbocycles. The molecule has 8 heteroatoms. The van der Waals surface area contributed by atoms with Crippen molar-refractivity contribution < 1.29 is 4.79 Å². The number of hydrogen-bond donors (Lipinski definition) is 2. The lowest BCUT2D eigenvalue weighted by Gasteiger charge is -2.33. The molecule has 1 aliphatic heterocycles. The van der Waals surface area contributed by atoms with Gasteiger partial charge in [-0.25, -0.2) is 9.78 Å². The number of nitrogens with one attached hydrogen (secondary N) is 2. The standard InChI is InChI=1S/C17H16BrN5OS/c1-10-5-14-13(16(22-21-14)15-8-25-9-19-15)7-23(10)17(24)20-12-4-2-3-11(18)6-12/h2-4,6,8-10H,5,7H2,1H3,(H,20,24)(H,21,22). The van der Waals surface area contributed by atoms with Gasteiger partial charge in [-0.15, -0.1) is 11.3 Å². The zero-order chi connectivity index (χ0) is 17.4. The maximum Gasteiger partial charge on any atom is 0.322 e. The predicted octanol–water partition coefficient (Wildman–Crippen LogP) is 4.27. The summed E-state index contributed by atoms with van der Waals surface area (Å²) in [6, 6.07) is 7.56. The number of fused-ring (bicyclic) bond motifs is 1. The first-order chi connectivity index (χ1) is 12.1. The number of aromatic nitrogens is 3. The minimum atomic E-state index is -0.110. The van der Waals surface area contributed by atoms with Crippen LogP contribution in [0.25, 0.3) is 11.4 Å². The maximum absolute atomic E-state index is 12.8. The molecule has 0 bridgehead atoms. The van der Waals surface area contributed by atoms with E-state index < -0.39 is 0 Å². The Labute approximate surface area is 157 Å². The fourth-order valence-corrected chi connectivity index (χ4v) is 3.98. The van der Waals surface area contributed by atoms with Crippen LogP contribution < -0.4 is 5.32 Å². The maximum atomic E-state index is 12.8. The first-order valence-electron chi connectivity index (χ1n) is 7.89. The van der Waals surface area contributed by atoms with Gasteiger partial charge in [-0.1, -0.05) is 22.0 Å². The van der Waals surface area contributed by atoms with Crippen LogP contribution in [-0.2, 0) is 13.0 Å². The van der Waals surface area contributed by atoms with Crippen molar-refractivity contribution in [1.29, 1.82) is 0 Å². The van der Waals surface area contributed by atoms with Gasteiger partial charge in [0.1, 0.15) is 11.4 Å². The van der Waals surface area contributed by atoms with E-state index in [0.29, 0.717) is 6.54 Å². The molecule has 1 atom stereocenters. The van der Waals surface area contributed by atoms with Crippen LogP contribution in [-0.4, -0.2) is 32.2 Å². The Balaban J connectivity index is 1.58. The van der Waals surface area contributed by atoms with E-state index in [1.54, 1.807) is 5.51 Å². The second-order valence-corrected chi connectivity index (χ2v) is 7.66. The molecule has 6 nitrogen and oxygen atoms in total. The summed E-state index contributed by atoms with van der Waals surface area (Å²) in [6.45, 7) is 2.56. The quantitative estimate of drug-likeness (QED) is 0.653. The Kier molecular flexibility index (Phi) is 4.30. The summed E-state index contributed by atoms with van der Waals surface area (Å²) in [5.41, 5.74) is 6.38. The van der Waals surface area contributed by atoms with E-state index in [4.69, 9.17) is 0 Å². The van der Waals surface area contributed by atoms with E-state index in [-0.39, 0.29) is 12.1 Å². The predicted molar refractivity (Wildman–Crippen MR) is 102 cm³/mol. The number of halogens is 1. The number of amides is 2. The number of anilines is 1. The van der Waals surface area contributed by atoms with Crippen LogP contribution in [0.1, 0.15) is 18.2 Å². The second kappa shape index (κ2) is 6.61. The van der Waals surface area contributed by atoms with Crippen LogP contribution >= 0.6 is 27.3 Å². The summed E-state index contributed by atoms with van der Waals surface area (Å²) < 4.78 is 0.930. The van der Waals surface area contributed by atoms with Gasteiger partial charge in [0.25, 0.3) is 0 Å². The Morgan fingerprint density at radius 3 is 3.12 bits per heavy atom. The van der Waals surface area contributed by atoms with E-state index in [9.17, 15) is 4.79 Å². The van der Waals surface area contributed by atoms with E-state index in [1.165, 1.54) is 11.3 Å². The van der Waals surface area contributed by atoms with Crippen LogP contribution in [0, 0.1) is 0 Å². The third-order valence-electron chi connectivity index (χ3n) is 4.32. The minimum Gasteiger partial charge on any atom is -0.317 e. The van der Waals surface area contributed by atoms with Gasteiger partial charge in [-0.05, 0) is 25.1 Å². The highest BCUT2D eigenvalue weighted by Gasteiger charge is 2.31. The number of urea groups is 1. The zero-order valence-electron chi connectivity index (χ0n) is 13.5. The van der Waals surface area contributed by atoms with E-state index in [2.05, 4.69) is 36.4 Å². The number of hydrogen-bond acceptors (Lipinski definition) is 4. The summed E-state index contributed by atoms with van der Waals surface area (Å²) in [4.78, 5) is 19.0. The molecule has 0 saturated carbocycles. The lowest BCUT2D eigenvalue weighted by molar-refractivity contribution is 0.182. The summed E-state index contributed by atoms with van der Waals surface area (Å²) in [6.07, 6.45) is 0.748. The molecule has 25 heavy (non-hydrogen) atoms. The average molecular weight is 418 g/mol. The lowest BCUT2D eigenvalue weighted by atomic mass is 9.99. The lowest BCUT2D eigenvalue weighted by Crippen LogP contribution is -2.44. The third-order valence-corrected chi connectivity index (χ3v) is 5.40. The van der Waals surface area contributed by atoms with Crippen LogP contribution in [0.3, 0.4) is 0 Å². The van der Waals surface area contributed by atoms with Crippen LogP contribution in [0.4, 0.5) is 10.5 Å². The van der Waals surface area contributed by atoms with Gasteiger partial charge in [0.15, 0.2) is 0 Å². The molecule has 1 aliphatic rings. The number of H-pyrrole nitrogens is 1. The van der Waals surface area contributed by atoms with Crippen molar-refractivity contribution in [3.05, 3.63) is 50.9 Å². The minimum absolute atomic E-state index is 0.0865. The van der Waals surface area contributed by atoms with Crippen molar-refractivity contribution in [3.63, 3.8) is 0 Å². The highest BCUT2D eigenvalue weighted by Crippen LogP contribution is 2.30. The van der Waals surface area contributed by atoms with Crippen molar-refractivity contribution in [2.75, 3.05) is 5.32 Å². The summed E-state index contributed by atoms with van der Waals surface area (Å²) in [5.74, 6) is 0. The third kappa shape index (κ3) is 3.19. The zero-order valence-corrected chi connectivity index (χ0v) is 15.9. The molecular weight excluding hydrogens is 402 g/mol. The van der Waals surface area contributed by atoms with Crippen LogP contribution in [0.15, 0.2) is 39.6 Å². The molecule has 2 amide bonds. The fourth-order valence-electron chi connectivity index (χ4n) is 3.05. The van der Waals surface area contributed by atoms with Crippen molar-refractivity contribution in [2.45, 2.75) is 25.9 Å². The van der Waals surface area contributed by atoms with Gasteiger partial charge in [0.05, 0.1) is 12.1 Å². The summed E-state index contributed by atoms with van der Waals surface area (Å²) >= 11 is 4.96. The number of carbonyl (C=O) groups is 1.